The maximum Gasteiger partial charge on any atom is 0.262 e. The van der Waals surface area contributed by atoms with Gasteiger partial charge in [0.15, 0.2) is 13.2 Å². The Morgan fingerprint density at radius 1 is 0.903 bits per heavy atom. The Balaban J connectivity index is 1.39. The van der Waals surface area contributed by atoms with Crippen LogP contribution in [-0.2, 0) is 11.4 Å². The smallest absolute Gasteiger partial charge is 0.262 e. The van der Waals surface area contributed by atoms with E-state index in [2.05, 4.69) is 15.5 Å². The van der Waals surface area contributed by atoms with E-state index in [0.717, 1.165) is 0 Å². The molecule has 0 saturated heterocycles. The van der Waals surface area contributed by atoms with E-state index in [1.54, 1.807) is 24.3 Å². The molecular weight excluding hydrogens is 401 g/mol. The summed E-state index contributed by atoms with van der Waals surface area (Å²) in [5, 5.41) is 6.69. The van der Waals surface area contributed by atoms with Gasteiger partial charge in [-0.15, -0.1) is 0 Å². The van der Waals surface area contributed by atoms with Gasteiger partial charge in [0.05, 0.1) is 11.3 Å². The molecule has 0 atom stereocenters. The predicted octanol–water partition coefficient (Wildman–Crippen LogP) is 4.47. The molecule has 31 heavy (non-hydrogen) atoms. The standard InChI is InChI=1S/C23H18FN3O4/c24-16-10-12-18(13-11-16)30-15-22(28)25-20-9-5-4-8-19(20)23-26-21(27-31-23)14-29-17-6-2-1-3-7-17/h1-13H,14-15H2,(H,25,28). The zero-order valence-corrected chi connectivity index (χ0v) is 16.3. The summed E-state index contributed by atoms with van der Waals surface area (Å²) in [6.07, 6.45) is 0. The number of carbonyl (C=O) groups is 1. The molecule has 0 aliphatic rings. The normalized spacial score (nSPS) is 10.5. The third-order valence-electron chi connectivity index (χ3n) is 4.19. The number of rotatable bonds is 8. The van der Waals surface area contributed by atoms with Crippen LogP contribution in [0, 0.1) is 5.82 Å². The van der Waals surface area contributed by atoms with Crippen molar-refractivity contribution in [2.75, 3.05) is 11.9 Å². The molecule has 0 spiro atoms. The first-order chi connectivity index (χ1) is 15.2. The van der Waals surface area contributed by atoms with E-state index < -0.39 is 0 Å². The Morgan fingerprint density at radius 3 is 2.42 bits per heavy atom. The summed E-state index contributed by atoms with van der Waals surface area (Å²) in [6.45, 7) is -0.0898. The number of anilines is 1. The van der Waals surface area contributed by atoms with Crippen LogP contribution in [0.1, 0.15) is 5.82 Å². The second-order valence-electron chi connectivity index (χ2n) is 6.45. The van der Waals surface area contributed by atoms with Gasteiger partial charge in [-0.2, -0.15) is 4.98 Å². The number of ether oxygens (including phenoxy) is 2. The molecule has 1 amide bonds. The Kier molecular flexibility index (Phi) is 6.18. The first-order valence-corrected chi connectivity index (χ1v) is 9.45. The Morgan fingerprint density at radius 2 is 1.61 bits per heavy atom. The molecule has 156 valence electrons. The van der Waals surface area contributed by atoms with Gasteiger partial charge in [0, 0.05) is 0 Å². The molecule has 1 heterocycles. The first-order valence-electron chi connectivity index (χ1n) is 9.45. The number of benzene rings is 3. The van der Waals surface area contributed by atoms with E-state index in [1.165, 1.54) is 24.3 Å². The minimum Gasteiger partial charge on any atom is -0.485 e. The molecule has 0 radical (unpaired) electrons. The topological polar surface area (TPSA) is 86.5 Å². The fourth-order valence-corrected chi connectivity index (χ4v) is 2.73. The molecule has 0 saturated carbocycles. The summed E-state index contributed by atoms with van der Waals surface area (Å²) < 4.78 is 29.3. The lowest BCUT2D eigenvalue weighted by Gasteiger charge is -2.09. The fourth-order valence-electron chi connectivity index (χ4n) is 2.73. The van der Waals surface area contributed by atoms with Gasteiger partial charge < -0.3 is 19.3 Å². The van der Waals surface area contributed by atoms with E-state index >= 15 is 0 Å². The van der Waals surface area contributed by atoms with Crippen LogP contribution < -0.4 is 14.8 Å². The Bertz CT molecular complexity index is 1150. The second-order valence-corrected chi connectivity index (χ2v) is 6.45. The number of nitrogens with one attached hydrogen (secondary N) is 1. The van der Waals surface area contributed by atoms with Crippen molar-refractivity contribution in [3.05, 3.63) is 90.5 Å². The molecule has 1 N–H and O–H groups in total. The van der Waals surface area contributed by atoms with Crippen LogP contribution in [0.2, 0.25) is 0 Å². The number of hydrogen-bond acceptors (Lipinski definition) is 6. The average molecular weight is 419 g/mol. The third-order valence-corrected chi connectivity index (χ3v) is 4.19. The van der Waals surface area contributed by atoms with Crippen LogP contribution >= 0.6 is 0 Å². The molecule has 0 aliphatic heterocycles. The summed E-state index contributed by atoms with van der Waals surface area (Å²) in [4.78, 5) is 16.6. The van der Waals surface area contributed by atoms with Gasteiger partial charge in [0.2, 0.25) is 5.82 Å². The van der Waals surface area contributed by atoms with E-state index in [-0.39, 0.29) is 30.8 Å². The van der Waals surface area contributed by atoms with Crippen LogP contribution in [-0.4, -0.2) is 22.7 Å². The van der Waals surface area contributed by atoms with Crippen LogP contribution in [0.3, 0.4) is 0 Å². The first kappa shape index (κ1) is 20.1. The number of aromatic nitrogens is 2. The largest absolute Gasteiger partial charge is 0.485 e. The molecule has 0 aliphatic carbocycles. The molecule has 4 rings (SSSR count). The number of halogens is 1. The maximum absolute atomic E-state index is 13.0. The van der Waals surface area contributed by atoms with Crippen molar-refractivity contribution in [2.24, 2.45) is 0 Å². The van der Waals surface area contributed by atoms with Crippen LogP contribution in [0.4, 0.5) is 10.1 Å². The van der Waals surface area contributed by atoms with E-state index in [1.807, 2.05) is 30.3 Å². The van der Waals surface area contributed by atoms with Gasteiger partial charge >= 0.3 is 0 Å². The molecule has 4 aromatic rings. The summed E-state index contributed by atoms with van der Waals surface area (Å²) in [6, 6.07) is 21.8. The molecule has 3 aromatic carbocycles. The molecule has 0 fully saturated rings. The molecule has 8 heteroatoms. The van der Waals surface area contributed by atoms with Gasteiger partial charge in [-0.1, -0.05) is 35.5 Å². The minimum absolute atomic E-state index is 0.146. The van der Waals surface area contributed by atoms with Crippen molar-refractivity contribution < 1.29 is 23.2 Å². The lowest BCUT2D eigenvalue weighted by atomic mass is 10.1. The molecular formula is C23H18FN3O4. The third kappa shape index (κ3) is 5.45. The van der Waals surface area contributed by atoms with Crippen LogP contribution in [0.5, 0.6) is 11.5 Å². The van der Waals surface area contributed by atoms with Gasteiger partial charge in [0.25, 0.3) is 11.8 Å². The SMILES string of the molecule is O=C(COc1ccc(F)cc1)Nc1ccccc1-c1nc(COc2ccccc2)no1. The van der Waals surface area contributed by atoms with Crippen molar-refractivity contribution in [2.45, 2.75) is 6.61 Å². The number of para-hydroxylation sites is 2. The van der Waals surface area contributed by atoms with Gasteiger partial charge in [0.1, 0.15) is 17.3 Å². The summed E-state index contributed by atoms with van der Waals surface area (Å²) in [7, 11) is 0. The Hall–Kier alpha value is -4.20. The second kappa shape index (κ2) is 9.53. The minimum atomic E-state index is -0.385. The molecule has 0 unspecified atom stereocenters. The maximum atomic E-state index is 13.0. The van der Waals surface area contributed by atoms with Crippen molar-refractivity contribution in [3.8, 4) is 23.0 Å². The van der Waals surface area contributed by atoms with E-state index in [9.17, 15) is 9.18 Å². The van der Waals surface area contributed by atoms with Crippen molar-refractivity contribution in [3.63, 3.8) is 0 Å². The molecule has 0 bridgehead atoms. The Labute approximate surface area is 177 Å². The highest BCUT2D eigenvalue weighted by Gasteiger charge is 2.15. The van der Waals surface area contributed by atoms with Gasteiger partial charge in [-0.25, -0.2) is 4.39 Å². The van der Waals surface area contributed by atoms with E-state index in [4.69, 9.17) is 14.0 Å². The van der Waals surface area contributed by atoms with Crippen molar-refractivity contribution >= 4 is 11.6 Å². The van der Waals surface area contributed by atoms with Gasteiger partial charge in [-0.05, 0) is 48.5 Å². The van der Waals surface area contributed by atoms with Crippen molar-refractivity contribution in [1.29, 1.82) is 0 Å². The quantitative estimate of drug-likeness (QED) is 0.453. The average Bonchev–Trinajstić information content (AvgIpc) is 3.27. The molecule has 1 aromatic heterocycles. The lowest BCUT2D eigenvalue weighted by Crippen LogP contribution is -2.20. The summed E-state index contributed by atoms with van der Waals surface area (Å²) >= 11 is 0. The zero-order valence-electron chi connectivity index (χ0n) is 16.3. The fraction of sp³-hybridized carbons (Fsp3) is 0.0870. The highest BCUT2D eigenvalue weighted by atomic mass is 19.1. The van der Waals surface area contributed by atoms with Crippen LogP contribution in [0.15, 0.2) is 83.4 Å². The van der Waals surface area contributed by atoms with Crippen molar-refractivity contribution in [1.82, 2.24) is 10.1 Å². The highest BCUT2D eigenvalue weighted by Crippen LogP contribution is 2.26. The van der Waals surface area contributed by atoms with Gasteiger partial charge in [-0.3, -0.25) is 4.79 Å². The summed E-state index contributed by atoms with van der Waals surface area (Å²) in [5.74, 6) is 0.955. The number of carbonyl (C=O) groups excluding carboxylic acids is 1. The highest BCUT2D eigenvalue weighted by molar-refractivity contribution is 5.95. The zero-order chi connectivity index (χ0) is 21.5. The summed E-state index contributed by atoms with van der Waals surface area (Å²) in [5.41, 5.74) is 1.06. The van der Waals surface area contributed by atoms with Crippen LogP contribution in [0.25, 0.3) is 11.5 Å². The van der Waals surface area contributed by atoms with E-state index in [0.29, 0.717) is 28.6 Å². The number of hydrogen-bond donors (Lipinski definition) is 1. The number of nitrogens with zero attached hydrogens (tertiary/aromatic N) is 2. The number of amides is 1. The lowest BCUT2D eigenvalue weighted by molar-refractivity contribution is -0.118. The molecule has 7 nitrogen and oxygen atoms in total. The predicted molar refractivity (Wildman–Crippen MR) is 111 cm³/mol. The monoisotopic (exact) mass is 419 g/mol.